The Morgan fingerprint density at radius 3 is 2.00 bits per heavy atom. The first kappa shape index (κ1) is 12.5. The zero-order valence-electron chi connectivity index (χ0n) is 9.17. The molecule has 1 N–H and O–H groups in total. The Kier molecular flexibility index (Phi) is 6.66. The molecule has 76 valence electrons. The van der Waals surface area contributed by atoms with Crippen molar-refractivity contribution < 1.29 is 5.11 Å². The Hall–Kier alpha value is -0.520. The normalized spacial score (nSPS) is 10.8. The molecule has 0 amide bonds. The van der Waals surface area contributed by atoms with E-state index in [1.54, 1.807) is 0 Å². The first-order valence-electron chi connectivity index (χ1n) is 4.92. The summed E-state index contributed by atoms with van der Waals surface area (Å²) in [7, 11) is 0. The number of hydrogen-bond acceptors (Lipinski definition) is 2. The van der Waals surface area contributed by atoms with Gasteiger partial charge in [-0.05, 0) is 27.7 Å². The predicted octanol–water partition coefficient (Wildman–Crippen LogP) is 1.49. The van der Waals surface area contributed by atoms with Gasteiger partial charge in [-0.3, -0.25) is 4.90 Å². The lowest BCUT2D eigenvalue weighted by molar-refractivity contribution is 0.199. The molecule has 0 aliphatic heterocycles. The molecule has 0 aromatic heterocycles. The molecule has 0 aliphatic carbocycles. The molecule has 0 aromatic rings. The van der Waals surface area contributed by atoms with Crippen molar-refractivity contribution in [3.05, 3.63) is 0 Å². The van der Waals surface area contributed by atoms with Crippen LogP contribution in [0.1, 0.15) is 34.1 Å². The average molecular weight is 183 g/mol. The predicted molar refractivity (Wildman–Crippen MR) is 56.5 cm³/mol. The van der Waals surface area contributed by atoms with Crippen molar-refractivity contribution in [1.82, 2.24) is 4.90 Å². The highest BCUT2D eigenvalue weighted by Gasteiger charge is 2.10. The Labute approximate surface area is 81.9 Å². The van der Waals surface area contributed by atoms with E-state index >= 15 is 0 Å². The summed E-state index contributed by atoms with van der Waals surface area (Å²) in [4.78, 5) is 2.32. The van der Waals surface area contributed by atoms with E-state index in [1.807, 2.05) is 0 Å². The molecular formula is C11H21NO. The molecule has 0 saturated heterocycles. The van der Waals surface area contributed by atoms with Crippen molar-refractivity contribution in [3.8, 4) is 11.8 Å². The highest BCUT2D eigenvalue weighted by atomic mass is 16.2. The number of hydrogen-bond donors (Lipinski definition) is 1. The molecule has 0 heterocycles. The standard InChI is InChI=1S/C11H21NO/c1-10(2)12(11(3)4)8-6-5-7-9-13/h10-11,13H,7-9H2,1-4H3. The minimum absolute atomic E-state index is 0.163. The summed E-state index contributed by atoms with van der Waals surface area (Å²) in [5.74, 6) is 6.00. The molecule has 0 atom stereocenters. The van der Waals surface area contributed by atoms with Crippen LogP contribution in [0.3, 0.4) is 0 Å². The van der Waals surface area contributed by atoms with E-state index in [-0.39, 0.29) is 6.61 Å². The van der Waals surface area contributed by atoms with Crippen molar-refractivity contribution in [2.24, 2.45) is 0 Å². The van der Waals surface area contributed by atoms with Crippen LogP contribution >= 0.6 is 0 Å². The van der Waals surface area contributed by atoms with Crippen molar-refractivity contribution in [2.75, 3.05) is 13.2 Å². The van der Waals surface area contributed by atoms with Gasteiger partial charge in [0, 0.05) is 18.5 Å². The second-order valence-electron chi connectivity index (χ2n) is 3.69. The van der Waals surface area contributed by atoms with Crippen LogP contribution < -0.4 is 0 Å². The number of rotatable bonds is 4. The summed E-state index contributed by atoms with van der Waals surface area (Å²) in [5, 5.41) is 8.53. The van der Waals surface area contributed by atoms with Crippen LogP contribution in [0, 0.1) is 11.8 Å². The molecule has 0 aliphatic rings. The van der Waals surface area contributed by atoms with E-state index < -0.39 is 0 Å². The van der Waals surface area contributed by atoms with Gasteiger partial charge in [0.15, 0.2) is 0 Å². The summed E-state index contributed by atoms with van der Waals surface area (Å²) in [6.07, 6.45) is 0.587. The zero-order chi connectivity index (χ0) is 10.3. The van der Waals surface area contributed by atoms with E-state index in [9.17, 15) is 0 Å². The van der Waals surface area contributed by atoms with Crippen molar-refractivity contribution >= 4 is 0 Å². The summed E-state index contributed by atoms with van der Waals surface area (Å²) in [5.41, 5.74) is 0. The maximum Gasteiger partial charge on any atom is 0.0606 e. The monoisotopic (exact) mass is 183 g/mol. The van der Waals surface area contributed by atoms with E-state index in [4.69, 9.17) is 5.11 Å². The second-order valence-corrected chi connectivity index (χ2v) is 3.69. The minimum Gasteiger partial charge on any atom is -0.395 e. The first-order valence-corrected chi connectivity index (χ1v) is 4.92. The summed E-state index contributed by atoms with van der Waals surface area (Å²) < 4.78 is 0. The maximum atomic E-state index is 8.53. The van der Waals surface area contributed by atoms with E-state index in [0.717, 1.165) is 6.54 Å². The van der Waals surface area contributed by atoms with Gasteiger partial charge >= 0.3 is 0 Å². The lowest BCUT2D eigenvalue weighted by Crippen LogP contribution is -2.37. The highest BCUT2D eigenvalue weighted by molar-refractivity contribution is 5.01. The van der Waals surface area contributed by atoms with Gasteiger partial charge in [0.2, 0.25) is 0 Å². The van der Waals surface area contributed by atoms with Gasteiger partial charge in [0.05, 0.1) is 13.2 Å². The molecule has 2 nitrogen and oxygen atoms in total. The minimum atomic E-state index is 0.163. The van der Waals surface area contributed by atoms with Crippen LogP contribution in [0.4, 0.5) is 0 Å². The third-order valence-corrected chi connectivity index (χ3v) is 1.95. The second kappa shape index (κ2) is 6.94. The van der Waals surface area contributed by atoms with Crippen LogP contribution in [0.25, 0.3) is 0 Å². The molecular weight excluding hydrogens is 162 g/mol. The molecule has 0 saturated carbocycles. The summed E-state index contributed by atoms with van der Waals surface area (Å²) in [6.45, 7) is 9.66. The third kappa shape index (κ3) is 5.68. The molecule has 0 fully saturated rings. The lowest BCUT2D eigenvalue weighted by atomic mass is 10.2. The SMILES string of the molecule is CC(C)N(CC#CCCO)C(C)C. The van der Waals surface area contributed by atoms with Crippen LogP contribution in [0.2, 0.25) is 0 Å². The summed E-state index contributed by atoms with van der Waals surface area (Å²) in [6, 6.07) is 1.06. The van der Waals surface area contributed by atoms with E-state index in [0.29, 0.717) is 18.5 Å². The fraction of sp³-hybridized carbons (Fsp3) is 0.818. The quantitative estimate of drug-likeness (QED) is 0.668. The molecule has 2 heteroatoms. The average Bonchev–Trinajstić information content (AvgIpc) is 2.02. The Bertz CT molecular complexity index is 168. The van der Waals surface area contributed by atoms with Gasteiger partial charge in [-0.1, -0.05) is 11.8 Å². The molecule has 0 spiro atoms. The Balaban J connectivity index is 3.92. The van der Waals surface area contributed by atoms with Gasteiger partial charge in [-0.2, -0.15) is 0 Å². The van der Waals surface area contributed by atoms with Gasteiger partial charge in [0.1, 0.15) is 0 Å². The Morgan fingerprint density at radius 1 is 1.08 bits per heavy atom. The van der Waals surface area contributed by atoms with Gasteiger partial charge in [-0.15, -0.1) is 0 Å². The Morgan fingerprint density at radius 2 is 1.62 bits per heavy atom. The topological polar surface area (TPSA) is 23.5 Å². The smallest absolute Gasteiger partial charge is 0.0606 e. The fourth-order valence-electron chi connectivity index (χ4n) is 1.25. The van der Waals surface area contributed by atoms with Crippen LogP contribution in [-0.4, -0.2) is 35.2 Å². The van der Waals surface area contributed by atoms with E-state index in [2.05, 4.69) is 44.4 Å². The molecule has 0 radical (unpaired) electrons. The van der Waals surface area contributed by atoms with Crippen molar-refractivity contribution in [1.29, 1.82) is 0 Å². The molecule has 13 heavy (non-hydrogen) atoms. The maximum absolute atomic E-state index is 8.53. The van der Waals surface area contributed by atoms with Crippen LogP contribution in [0.5, 0.6) is 0 Å². The summed E-state index contributed by atoms with van der Waals surface area (Å²) >= 11 is 0. The lowest BCUT2D eigenvalue weighted by Gasteiger charge is -2.28. The van der Waals surface area contributed by atoms with Crippen molar-refractivity contribution in [2.45, 2.75) is 46.2 Å². The largest absolute Gasteiger partial charge is 0.395 e. The third-order valence-electron chi connectivity index (χ3n) is 1.95. The van der Waals surface area contributed by atoms with Crippen LogP contribution in [0.15, 0.2) is 0 Å². The van der Waals surface area contributed by atoms with E-state index in [1.165, 1.54) is 0 Å². The fourth-order valence-corrected chi connectivity index (χ4v) is 1.25. The molecule has 0 bridgehead atoms. The number of aliphatic hydroxyl groups is 1. The molecule has 0 aromatic carbocycles. The number of aliphatic hydroxyl groups excluding tert-OH is 1. The van der Waals surface area contributed by atoms with Gasteiger partial charge in [-0.25, -0.2) is 0 Å². The van der Waals surface area contributed by atoms with Gasteiger partial charge < -0.3 is 5.11 Å². The molecule has 0 unspecified atom stereocenters. The van der Waals surface area contributed by atoms with Gasteiger partial charge in [0.25, 0.3) is 0 Å². The van der Waals surface area contributed by atoms with Crippen molar-refractivity contribution in [3.63, 3.8) is 0 Å². The highest BCUT2D eigenvalue weighted by Crippen LogP contribution is 2.02. The molecule has 0 rings (SSSR count). The first-order chi connectivity index (χ1) is 6.09. The number of nitrogens with zero attached hydrogens (tertiary/aromatic N) is 1. The van der Waals surface area contributed by atoms with Crippen LogP contribution in [-0.2, 0) is 0 Å². The zero-order valence-corrected chi connectivity index (χ0v) is 9.17.